The van der Waals surface area contributed by atoms with E-state index < -0.39 is 5.60 Å². The number of ether oxygens (including phenoxy) is 2. The number of hydrogen-bond donors (Lipinski definition) is 1. The van der Waals surface area contributed by atoms with Crippen LogP contribution in [0.25, 0.3) is 0 Å². The quantitative estimate of drug-likeness (QED) is 0.711. The number of likely N-dealkylation sites (N-methyl/N-ethyl adjacent to an activating group) is 1. The number of hydrogen-bond acceptors (Lipinski definition) is 4. The van der Waals surface area contributed by atoms with E-state index in [-0.39, 0.29) is 6.09 Å². The third-order valence-corrected chi connectivity index (χ3v) is 2.08. The van der Waals surface area contributed by atoms with Gasteiger partial charge in [0.05, 0.1) is 12.7 Å². The lowest BCUT2D eigenvalue weighted by Gasteiger charge is -2.20. The van der Waals surface area contributed by atoms with Gasteiger partial charge in [-0.2, -0.15) is 0 Å². The fourth-order valence-electron chi connectivity index (χ4n) is 1.28. The summed E-state index contributed by atoms with van der Waals surface area (Å²) in [4.78, 5) is 13.4. The third kappa shape index (κ3) is 6.63. The van der Waals surface area contributed by atoms with Crippen LogP contribution >= 0.6 is 0 Å². The van der Waals surface area contributed by atoms with E-state index in [1.807, 2.05) is 27.8 Å². The Morgan fingerprint density at radius 3 is 2.69 bits per heavy atom. The summed E-state index contributed by atoms with van der Waals surface area (Å²) < 4.78 is 10.2. The molecule has 0 aliphatic carbocycles. The summed E-state index contributed by atoms with van der Waals surface area (Å²) in [6, 6.07) is 0. The number of carbonyl (C=O) groups excluding carboxylic acids is 1. The van der Waals surface area contributed by atoms with Crippen molar-refractivity contribution < 1.29 is 14.3 Å². The number of nitrogens with one attached hydrogen (secondary N) is 1. The zero-order chi connectivity index (χ0) is 12.2. The molecule has 1 unspecified atom stereocenters. The number of rotatable bonds is 5. The van der Waals surface area contributed by atoms with Crippen LogP contribution < -0.4 is 5.32 Å². The molecule has 1 atom stereocenters. The van der Waals surface area contributed by atoms with Crippen LogP contribution in [0.1, 0.15) is 20.8 Å². The molecule has 1 heterocycles. The van der Waals surface area contributed by atoms with Gasteiger partial charge in [-0.25, -0.2) is 4.79 Å². The van der Waals surface area contributed by atoms with Crippen LogP contribution in [-0.4, -0.2) is 56.0 Å². The molecule has 1 fully saturated rings. The van der Waals surface area contributed by atoms with Gasteiger partial charge in [0.15, 0.2) is 0 Å². The second-order valence-corrected chi connectivity index (χ2v) is 5.15. The Hall–Kier alpha value is -0.810. The molecule has 5 heteroatoms. The second-order valence-electron chi connectivity index (χ2n) is 5.15. The minimum atomic E-state index is -0.433. The van der Waals surface area contributed by atoms with Gasteiger partial charge < -0.3 is 19.7 Å². The first-order chi connectivity index (χ1) is 7.37. The minimum absolute atomic E-state index is 0.358. The molecule has 0 spiro atoms. The van der Waals surface area contributed by atoms with E-state index in [0.717, 1.165) is 19.7 Å². The van der Waals surface area contributed by atoms with E-state index in [4.69, 9.17) is 9.47 Å². The topological polar surface area (TPSA) is 54.1 Å². The van der Waals surface area contributed by atoms with Gasteiger partial charge >= 0.3 is 6.09 Å². The molecule has 94 valence electrons. The monoisotopic (exact) mass is 230 g/mol. The van der Waals surface area contributed by atoms with Gasteiger partial charge in [0, 0.05) is 19.6 Å². The van der Waals surface area contributed by atoms with Crippen LogP contribution in [0.3, 0.4) is 0 Å². The SMILES string of the molecule is CN(CCNC(=O)OC(C)(C)C)CC1CO1. The standard InChI is InChI=1S/C11H22N2O3/c1-11(2,3)16-10(14)12-5-6-13(4)7-9-8-15-9/h9H,5-8H2,1-4H3,(H,12,14). The molecule has 5 nitrogen and oxygen atoms in total. The molecule has 16 heavy (non-hydrogen) atoms. The highest BCUT2D eigenvalue weighted by Gasteiger charge is 2.23. The van der Waals surface area contributed by atoms with Gasteiger partial charge in [-0.05, 0) is 27.8 Å². The zero-order valence-corrected chi connectivity index (χ0v) is 10.6. The maximum absolute atomic E-state index is 11.3. The number of nitrogens with zero attached hydrogens (tertiary/aromatic N) is 1. The molecule has 0 aromatic rings. The van der Waals surface area contributed by atoms with Crippen molar-refractivity contribution in [3.8, 4) is 0 Å². The summed E-state index contributed by atoms with van der Waals surface area (Å²) in [5.74, 6) is 0. The Balaban J connectivity index is 2.02. The van der Waals surface area contributed by atoms with Gasteiger partial charge in [0.2, 0.25) is 0 Å². The van der Waals surface area contributed by atoms with E-state index in [0.29, 0.717) is 12.6 Å². The Morgan fingerprint density at radius 1 is 1.56 bits per heavy atom. The van der Waals surface area contributed by atoms with Crippen LogP contribution in [0.5, 0.6) is 0 Å². The summed E-state index contributed by atoms with van der Waals surface area (Å²) in [6.45, 7) is 8.74. The Kier molecular flexibility index (Phi) is 4.56. The zero-order valence-electron chi connectivity index (χ0n) is 10.6. The maximum atomic E-state index is 11.3. The summed E-state index contributed by atoms with van der Waals surface area (Å²) >= 11 is 0. The van der Waals surface area contributed by atoms with Crippen molar-refractivity contribution >= 4 is 6.09 Å². The van der Waals surface area contributed by atoms with Crippen LogP contribution in [0.15, 0.2) is 0 Å². The molecule has 0 aromatic heterocycles. The van der Waals surface area contributed by atoms with Crippen molar-refractivity contribution in [1.82, 2.24) is 10.2 Å². The Labute approximate surface area is 97.1 Å². The third-order valence-electron chi connectivity index (χ3n) is 2.08. The summed E-state index contributed by atoms with van der Waals surface area (Å²) in [5.41, 5.74) is -0.433. The van der Waals surface area contributed by atoms with Crippen molar-refractivity contribution in [2.24, 2.45) is 0 Å². The van der Waals surface area contributed by atoms with Crippen molar-refractivity contribution in [3.05, 3.63) is 0 Å². The predicted molar refractivity (Wildman–Crippen MR) is 61.5 cm³/mol. The molecule has 1 aliphatic heterocycles. The molecule has 1 saturated heterocycles. The van der Waals surface area contributed by atoms with Crippen LogP contribution in [0, 0.1) is 0 Å². The average molecular weight is 230 g/mol. The van der Waals surface area contributed by atoms with E-state index >= 15 is 0 Å². The smallest absolute Gasteiger partial charge is 0.407 e. The molecule has 0 saturated carbocycles. The molecule has 1 N–H and O–H groups in total. The molecule has 0 radical (unpaired) electrons. The molecule has 1 rings (SSSR count). The van der Waals surface area contributed by atoms with Crippen molar-refractivity contribution in [2.45, 2.75) is 32.5 Å². The Bertz CT molecular complexity index is 234. The normalized spacial score (nSPS) is 19.7. The van der Waals surface area contributed by atoms with Gasteiger partial charge in [0.1, 0.15) is 5.60 Å². The van der Waals surface area contributed by atoms with Crippen LogP contribution in [-0.2, 0) is 9.47 Å². The van der Waals surface area contributed by atoms with E-state index in [1.165, 1.54) is 0 Å². The molecule has 1 aliphatic rings. The predicted octanol–water partition coefficient (Wildman–Crippen LogP) is 0.842. The number of carbonyl (C=O) groups is 1. The number of epoxide rings is 1. The van der Waals surface area contributed by atoms with Crippen molar-refractivity contribution in [1.29, 1.82) is 0 Å². The van der Waals surface area contributed by atoms with E-state index in [1.54, 1.807) is 0 Å². The lowest BCUT2D eigenvalue weighted by Crippen LogP contribution is -2.37. The first-order valence-electron chi connectivity index (χ1n) is 5.64. The molecular weight excluding hydrogens is 208 g/mol. The maximum Gasteiger partial charge on any atom is 0.407 e. The average Bonchev–Trinajstić information content (AvgIpc) is 2.84. The van der Waals surface area contributed by atoms with Gasteiger partial charge in [-0.3, -0.25) is 0 Å². The van der Waals surface area contributed by atoms with E-state index in [2.05, 4.69) is 10.2 Å². The van der Waals surface area contributed by atoms with Crippen LogP contribution in [0.2, 0.25) is 0 Å². The summed E-state index contributed by atoms with van der Waals surface area (Å²) in [5, 5.41) is 2.72. The first-order valence-corrected chi connectivity index (χ1v) is 5.64. The number of alkyl carbamates (subject to hydrolysis) is 1. The van der Waals surface area contributed by atoms with Crippen LogP contribution in [0.4, 0.5) is 4.79 Å². The van der Waals surface area contributed by atoms with E-state index in [9.17, 15) is 4.79 Å². The highest BCUT2D eigenvalue weighted by Crippen LogP contribution is 2.09. The van der Waals surface area contributed by atoms with Crippen molar-refractivity contribution in [2.75, 3.05) is 33.3 Å². The highest BCUT2D eigenvalue weighted by atomic mass is 16.6. The molecule has 0 aromatic carbocycles. The highest BCUT2D eigenvalue weighted by molar-refractivity contribution is 5.67. The van der Waals surface area contributed by atoms with Gasteiger partial charge in [-0.15, -0.1) is 0 Å². The van der Waals surface area contributed by atoms with Crippen molar-refractivity contribution in [3.63, 3.8) is 0 Å². The first kappa shape index (κ1) is 13.3. The summed E-state index contributed by atoms with van der Waals surface area (Å²) in [6.07, 6.45) is 0.0371. The Morgan fingerprint density at radius 2 is 2.19 bits per heavy atom. The second kappa shape index (κ2) is 5.50. The molecule has 0 bridgehead atoms. The molecular formula is C11H22N2O3. The fourth-order valence-corrected chi connectivity index (χ4v) is 1.28. The lowest BCUT2D eigenvalue weighted by atomic mass is 10.2. The fraction of sp³-hybridized carbons (Fsp3) is 0.909. The van der Waals surface area contributed by atoms with Gasteiger partial charge in [-0.1, -0.05) is 0 Å². The largest absolute Gasteiger partial charge is 0.444 e. The van der Waals surface area contributed by atoms with Gasteiger partial charge in [0.25, 0.3) is 0 Å². The lowest BCUT2D eigenvalue weighted by molar-refractivity contribution is 0.0523. The molecule has 1 amide bonds. The minimum Gasteiger partial charge on any atom is -0.444 e. The summed E-state index contributed by atoms with van der Waals surface area (Å²) in [7, 11) is 2.01. The number of amides is 1.